The number of hydrogen-bond donors (Lipinski definition) is 2. The molecule has 3 rings (SSSR count). The second-order valence-electron chi connectivity index (χ2n) is 4.58. The minimum Gasteiger partial charge on any atom is -0.393 e. The summed E-state index contributed by atoms with van der Waals surface area (Å²) >= 11 is 0. The zero-order chi connectivity index (χ0) is 12.4. The van der Waals surface area contributed by atoms with Gasteiger partial charge in [0.15, 0.2) is 5.82 Å². The number of aromatic nitrogens is 3. The maximum absolute atomic E-state index is 9.48. The molecule has 3 heterocycles. The first-order chi connectivity index (χ1) is 8.83. The highest BCUT2D eigenvalue weighted by Crippen LogP contribution is 2.19. The summed E-state index contributed by atoms with van der Waals surface area (Å²) in [5.74, 6) is 0.886. The van der Waals surface area contributed by atoms with Gasteiger partial charge >= 0.3 is 0 Å². The number of piperidine rings is 1. The third-order valence-corrected chi connectivity index (χ3v) is 3.31. The van der Waals surface area contributed by atoms with Crippen molar-refractivity contribution in [3.63, 3.8) is 0 Å². The standard InChI is InChI=1S/C13H16N4O/c18-10-5-8-17(9-6-10)13-4-3-12(15-16-13)11-2-1-7-14-11/h1-4,7,10,14,18H,5-6,8-9H2. The van der Waals surface area contributed by atoms with Crippen molar-refractivity contribution in [1.82, 2.24) is 15.2 Å². The van der Waals surface area contributed by atoms with E-state index >= 15 is 0 Å². The molecule has 0 spiro atoms. The van der Waals surface area contributed by atoms with Crippen molar-refractivity contribution < 1.29 is 5.11 Å². The first-order valence-electron chi connectivity index (χ1n) is 6.23. The van der Waals surface area contributed by atoms with E-state index in [1.807, 2.05) is 30.5 Å². The molecule has 2 aromatic heterocycles. The number of H-pyrrole nitrogens is 1. The van der Waals surface area contributed by atoms with Crippen molar-refractivity contribution in [3.05, 3.63) is 30.5 Å². The molecule has 0 unspecified atom stereocenters. The molecule has 0 aromatic carbocycles. The number of aliphatic hydroxyl groups is 1. The highest BCUT2D eigenvalue weighted by Gasteiger charge is 2.18. The molecule has 0 amide bonds. The minimum atomic E-state index is -0.160. The number of hydrogen-bond acceptors (Lipinski definition) is 4. The van der Waals surface area contributed by atoms with Crippen molar-refractivity contribution in [2.45, 2.75) is 18.9 Å². The van der Waals surface area contributed by atoms with Crippen molar-refractivity contribution >= 4 is 5.82 Å². The van der Waals surface area contributed by atoms with Gasteiger partial charge in [0.2, 0.25) is 0 Å². The Labute approximate surface area is 105 Å². The van der Waals surface area contributed by atoms with E-state index in [1.165, 1.54) is 0 Å². The van der Waals surface area contributed by atoms with E-state index in [-0.39, 0.29) is 6.10 Å². The summed E-state index contributed by atoms with van der Waals surface area (Å²) in [5.41, 5.74) is 1.82. The third kappa shape index (κ3) is 2.22. The smallest absolute Gasteiger partial charge is 0.151 e. The van der Waals surface area contributed by atoms with Crippen LogP contribution < -0.4 is 4.90 Å². The van der Waals surface area contributed by atoms with Gasteiger partial charge < -0.3 is 15.0 Å². The van der Waals surface area contributed by atoms with E-state index in [0.717, 1.165) is 43.1 Å². The van der Waals surface area contributed by atoms with Crippen molar-refractivity contribution in [2.75, 3.05) is 18.0 Å². The van der Waals surface area contributed by atoms with E-state index in [1.54, 1.807) is 0 Å². The molecule has 0 atom stereocenters. The number of rotatable bonds is 2. The molecule has 2 aromatic rings. The van der Waals surface area contributed by atoms with Gasteiger partial charge in [-0.2, -0.15) is 0 Å². The van der Waals surface area contributed by atoms with Crippen LogP contribution in [0.5, 0.6) is 0 Å². The molecular formula is C13H16N4O. The Hall–Kier alpha value is -1.88. The fourth-order valence-electron chi connectivity index (χ4n) is 2.22. The summed E-state index contributed by atoms with van der Waals surface area (Å²) in [7, 11) is 0. The van der Waals surface area contributed by atoms with E-state index in [2.05, 4.69) is 20.1 Å². The van der Waals surface area contributed by atoms with E-state index in [9.17, 15) is 5.11 Å². The van der Waals surface area contributed by atoms with Crippen LogP contribution in [-0.4, -0.2) is 39.5 Å². The van der Waals surface area contributed by atoms with Crippen LogP contribution >= 0.6 is 0 Å². The quantitative estimate of drug-likeness (QED) is 0.838. The van der Waals surface area contributed by atoms with Crippen LogP contribution in [0.2, 0.25) is 0 Å². The molecule has 0 bridgehead atoms. The fourth-order valence-corrected chi connectivity index (χ4v) is 2.22. The number of anilines is 1. The van der Waals surface area contributed by atoms with Crippen LogP contribution in [0.25, 0.3) is 11.4 Å². The number of nitrogens with zero attached hydrogens (tertiary/aromatic N) is 3. The van der Waals surface area contributed by atoms with Gasteiger partial charge in [0.05, 0.1) is 11.8 Å². The number of aliphatic hydroxyl groups excluding tert-OH is 1. The van der Waals surface area contributed by atoms with Crippen LogP contribution in [0.1, 0.15) is 12.8 Å². The zero-order valence-corrected chi connectivity index (χ0v) is 10.1. The molecule has 2 N–H and O–H groups in total. The summed E-state index contributed by atoms with van der Waals surface area (Å²) in [6, 6.07) is 7.87. The Balaban J connectivity index is 1.75. The molecular weight excluding hydrogens is 228 g/mol. The van der Waals surface area contributed by atoms with Gasteiger partial charge in [-0.1, -0.05) is 0 Å². The van der Waals surface area contributed by atoms with Gasteiger partial charge in [-0.3, -0.25) is 0 Å². The maximum atomic E-state index is 9.48. The molecule has 0 saturated carbocycles. The van der Waals surface area contributed by atoms with Crippen molar-refractivity contribution in [1.29, 1.82) is 0 Å². The predicted octanol–water partition coefficient (Wildman–Crippen LogP) is 1.43. The van der Waals surface area contributed by atoms with Crippen LogP contribution in [0.4, 0.5) is 5.82 Å². The summed E-state index contributed by atoms with van der Waals surface area (Å²) in [6.45, 7) is 1.69. The molecule has 5 nitrogen and oxygen atoms in total. The van der Waals surface area contributed by atoms with Gasteiger partial charge in [0.25, 0.3) is 0 Å². The van der Waals surface area contributed by atoms with Gasteiger partial charge in [0.1, 0.15) is 5.69 Å². The Kier molecular flexibility index (Phi) is 2.98. The second-order valence-corrected chi connectivity index (χ2v) is 4.58. The predicted molar refractivity (Wildman–Crippen MR) is 69.3 cm³/mol. The molecule has 5 heteroatoms. The normalized spacial score (nSPS) is 17.1. The Morgan fingerprint density at radius 2 is 2.00 bits per heavy atom. The largest absolute Gasteiger partial charge is 0.393 e. The molecule has 1 saturated heterocycles. The van der Waals surface area contributed by atoms with Crippen LogP contribution in [0.15, 0.2) is 30.5 Å². The fraction of sp³-hybridized carbons (Fsp3) is 0.385. The first kappa shape index (κ1) is 11.2. The van der Waals surface area contributed by atoms with E-state index in [4.69, 9.17) is 0 Å². The number of nitrogens with one attached hydrogen (secondary N) is 1. The van der Waals surface area contributed by atoms with Gasteiger partial charge in [-0.25, -0.2) is 0 Å². The summed E-state index contributed by atoms with van der Waals surface area (Å²) < 4.78 is 0. The van der Waals surface area contributed by atoms with Crippen LogP contribution in [0.3, 0.4) is 0 Å². The SMILES string of the molecule is OC1CCN(c2ccc(-c3ccc[nH]3)nn2)CC1. The zero-order valence-electron chi connectivity index (χ0n) is 10.1. The Bertz CT molecular complexity index is 486. The average Bonchev–Trinajstić information content (AvgIpc) is 2.94. The first-order valence-corrected chi connectivity index (χ1v) is 6.23. The molecule has 94 valence electrons. The lowest BCUT2D eigenvalue weighted by atomic mass is 10.1. The van der Waals surface area contributed by atoms with Gasteiger partial charge in [-0.15, -0.1) is 10.2 Å². The maximum Gasteiger partial charge on any atom is 0.151 e. The summed E-state index contributed by atoms with van der Waals surface area (Å²) in [4.78, 5) is 5.27. The van der Waals surface area contributed by atoms with Crippen molar-refractivity contribution in [3.8, 4) is 11.4 Å². The summed E-state index contributed by atoms with van der Waals surface area (Å²) in [6.07, 6.45) is 3.32. The topological polar surface area (TPSA) is 65.0 Å². The van der Waals surface area contributed by atoms with Crippen LogP contribution in [0, 0.1) is 0 Å². The molecule has 0 aliphatic carbocycles. The average molecular weight is 244 g/mol. The molecule has 1 fully saturated rings. The number of aromatic amines is 1. The molecule has 18 heavy (non-hydrogen) atoms. The summed E-state index contributed by atoms with van der Waals surface area (Å²) in [5, 5.41) is 18.0. The lowest BCUT2D eigenvalue weighted by Crippen LogP contribution is -2.36. The molecule has 0 radical (unpaired) electrons. The van der Waals surface area contributed by atoms with E-state index in [0.29, 0.717) is 0 Å². The Morgan fingerprint density at radius 3 is 2.61 bits per heavy atom. The highest BCUT2D eigenvalue weighted by molar-refractivity contribution is 5.55. The Morgan fingerprint density at radius 1 is 1.17 bits per heavy atom. The third-order valence-electron chi connectivity index (χ3n) is 3.31. The molecule has 1 aliphatic heterocycles. The van der Waals surface area contributed by atoms with Gasteiger partial charge in [-0.05, 0) is 37.1 Å². The molecule has 1 aliphatic rings. The van der Waals surface area contributed by atoms with Crippen molar-refractivity contribution in [2.24, 2.45) is 0 Å². The van der Waals surface area contributed by atoms with E-state index < -0.39 is 0 Å². The second kappa shape index (κ2) is 4.78. The lowest BCUT2D eigenvalue weighted by molar-refractivity contribution is 0.145. The van der Waals surface area contributed by atoms with Crippen LogP contribution in [-0.2, 0) is 0 Å². The van der Waals surface area contributed by atoms with Gasteiger partial charge in [0, 0.05) is 19.3 Å². The lowest BCUT2D eigenvalue weighted by Gasteiger charge is -2.30. The highest BCUT2D eigenvalue weighted by atomic mass is 16.3. The monoisotopic (exact) mass is 244 g/mol. The minimum absolute atomic E-state index is 0.160.